The van der Waals surface area contributed by atoms with Gasteiger partial charge in [0.1, 0.15) is 13.2 Å². The molecule has 7 N–H and O–H groups in total. The molecule has 0 heterocycles. The topological polar surface area (TPSA) is 173 Å². The van der Waals surface area contributed by atoms with Crippen molar-refractivity contribution >= 4 is 23.9 Å². The van der Waals surface area contributed by atoms with Gasteiger partial charge in [-0.25, -0.2) is 14.6 Å². The van der Waals surface area contributed by atoms with Crippen molar-refractivity contribution in [1.29, 1.82) is 5.41 Å². The van der Waals surface area contributed by atoms with Gasteiger partial charge in [-0.1, -0.05) is 74.5 Å². The van der Waals surface area contributed by atoms with E-state index >= 15 is 0 Å². The number of unbranched alkanes of at least 4 members (excludes halogenated alkanes) is 1. The first-order valence-electron chi connectivity index (χ1n) is 12.6. The SMILES string of the molecule is CCN(CC)C(CCCCN(N=C(N)N)C(=N)N)(C(=O)OCc1ccccc1)C(=O)OCc1ccccc1. The van der Waals surface area contributed by atoms with Crippen LogP contribution in [0.2, 0.25) is 0 Å². The van der Waals surface area contributed by atoms with Crippen LogP contribution in [-0.2, 0) is 32.3 Å². The summed E-state index contributed by atoms with van der Waals surface area (Å²) in [5.74, 6) is -1.89. The Morgan fingerprint density at radius 2 is 1.32 bits per heavy atom. The summed E-state index contributed by atoms with van der Waals surface area (Å²) in [6.45, 7) is 4.87. The van der Waals surface area contributed by atoms with Gasteiger partial charge in [0.15, 0.2) is 0 Å². The largest absolute Gasteiger partial charge is 0.459 e. The molecular formula is C27H39N7O4. The van der Waals surface area contributed by atoms with Crippen LogP contribution in [0, 0.1) is 5.41 Å². The quantitative estimate of drug-likeness (QED) is 0.0678. The Bertz CT molecular complexity index is 1000. The second kappa shape index (κ2) is 15.2. The molecule has 0 saturated carbocycles. The van der Waals surface area contributed by atoms with Gasteiger partial charge < -0.3 is 26.7 Å². The molecule has 38 heavy (non-hydrogen) atoms. The van der Waals surface area contributed by atoms with Crippen molar-refractivity contribution in [3.05, 3.63) is 71.8 Å². The molecule has 0 atom stereocenters. The van der Waals surface area contributed by atoms with Gasteiger partial charge in [-0.3, -0.25) is 10.3 Å². The second-order valence-corrected chi connectivity index (χ2v) is 8.65. The minimum atomic E-state index is -1.66. The Labute approximate surface area is 224 Å². The Balaban J connectivity index is 2.30. The zero-order valence-electron chi connectivity index (χ0n) is 22.1. The Kier molecular flexibility index (Phi) is 12.0. The monoisotopic (exact) mass is 525 g/mol. The zero-order valence-corrected chi connectivity index (χ0v) is 22.1. The summed E-state index contributed by atoms with van der Waals surface area (Å²) in [5.41, 5.74) is 16.4. The number of ether oxygens (including phenoxy) is 2. The number of esters is 2. The van der Waals surface area contributed by atoms with Crippen LogP contribution in [0.3, 0.4) is 0 Å². The summed E-state index contributed by atoms with van der Waals surface area (Å²) >= 11 is 0. The van der Waals surface area contributed by atoms with E-state index in [1.165, 1.54) is 0 Å². The van der Waals surface area contributed by atoms with Crippen LogP contribution in [-0.4, -0.2) is 58.9 Å². The number of nitrogens with one attached hydrogen (secondary N) is 1. The van der Waals surface area contributed by atoms with E-state index in [9.17, 15) is 9.59 Å². The maximum Gasteiger partial charge on any atom is 0.338 e. The molecule has 0 bridgehead atoms. The van der Waals surface area contributed by atoms with Crippen molar-refractivity contribution in [2.24, 2.45) is 22.3 Å². The number of hydrogen-bond acceptors (Lipinski definition) is 7. The van der Waals surface area contributed by atoms with Crippen LogP contribution >= 0.6 is 0 Å². The standard InChI is InChI=1S/C27H39N7O4/c1-3-33(4-2)27(23(35)37-19-21-13-7-5-8-14-21,24(36)38-20-22-15-9-6-10-16-22)17-11-12-18-34(26(30)31)32-25(28)29/h5-10,13-16H,3-4,11-12,17-20H2,1-2H3,(H3,30,31)(H4,28,29,32). The molecule has 0 unspecified atom stereocenters. The average molecular weight is 526 g/mol. The van der Waals surface area contributed by atoms with Gasteiger partial charge in [0.2, 0.25) is 17.5 Å². The van der Waals surface area contributed by atoms with Gasteiger partial charge in [0.25, 0.3) is 0 Å². The number of carbonyl (C=O) groups is 2. The van der Waals surface area contributed by atoms with Crippen LogP contribution in [0.1, 0.15) is 44.2 Å². The van der Waals surface area contributed by atoms with E-state index in [-0.39, 0.29) is 38.1 Å². The molecule has 0 aliphatic carbocycles. The lowest BCUT2D eigenvalue weighted by molar-refractivity contribution is -0.178. The van der Waals surface area contributed by atoms with Gasteiger partial charge in [-0.05, 0) is 43.5 Å². The number of rotatable bonds is 15. The smallest absolute Gasteiger partial charge is 0.338 e. The number of nitrogens with zero attached hydrogens (tertiary/aromatic N) is 3. The summed E-state index contributed by atoms with van der Waals surface area (Å²) in [7, 11) is 0. The highest BCUT2D eigenvalue weighted by molar-refractivity contribution is 6.05. The first kappa shape index (κ1) is 30.1. The molecule has 0 aliphatic rings. The number of hydrazone groups is 1. The number of likely N-dealkylation sites (N-methyl/N-ethyl adjacent to an activating group) is 1. The summed E-state index contributed by atoms with van der Waals surface area (Å²) in [6, 6.07) is 18.6. The third-order valence-corrected chi connectivity index (χ3v) is 6.08. The maximum absolute atomic E-state index is 13.7. The Morgan fingerprint density at radius 1 is 0.842 bits per heavy atom. The fourth-order valence-corrected chi connectivity index (χ4v) is 4.16. The van der Waals surface area contributed by atoms with Crippen molar-refractivity contribution in [2.75, 3.05) is 19.6 Å². The molecule has 0 saturated heterocycles. The third-order valence-electron chi connectivity index (χ3n) is 6.08. The highest BCUT2D eigenvalue weighted by Gasteiger charge is 2.52. The lowest BCUT2D eigenvalue weighted by Crippen LogP contribution is -2.61. The number of benzene rings is 2. The van der Waals surface area contributed by atoms with E-state index in [4.69, 9.17) is 32.1 Å². The predicted molar refractivity (Wildman–Crippen MR) is 146 cm³/mol. The van der Waals surface area contributed by atoms with Crippen LogP contribution in [0.4, 0.5) is 0 Å². The first-order chi connectivity index (χ1) is 18.2. The minimum absolute atomic E-state index is 0.0251. The number of hydrogen-bond donors (Lipinski definition) is 4. The van der Waals surface area contributed by atoms with Crippen molar-refractivity contribution in [2.45, 2.75) is 51.9 Å². The van der Waals surface area contributed by atoms with Gasteiger partial charge in [0.05, 0.1) is 0 Å². The minimum Gasteiger partial charge on any atom is -0.459 e. The summed E-state index contributed by atoms with van der Waals surface area (Å²) < 4.78 is 11.4. The van der Waals surface area contributed by atoms with Crippen LogP contribution in [0.25, 0.3) is 0 Å². The van der Waals surface area contributed by atoms with Crippen molar-refractivity contribution in [1.82, 2.24) is 9.91 Å². The molecule has 11 heteroatoms. The molecular weight excluding hydrogens is 486 g/mol. The molecule has 0 radical (unpaired) electrons. The van der Waals surface area contributed by atoms with E-state index in [0.717, 1.165) is 16.1 Å². The average Bonchev–Trinajstić information content (AvgIpc) is 2.92. The van der Waals surface area contributed by atoms with Crippen molar-refractivity contribution < 1.29 is 19.1 Å². The van der Waals surface area contributed by atoms with Crippen LogP contribution < -0.4 is 17.2 Å². The molecule has 11 nitrogen and oxygen atoms in total. The van der Waals surface area contributed by atoms with Gasteiger partial charge in [-0.15, -0.1) is 5.10 Å². The number of nitrogens with two attached hydrogens (primary N) is 3. The number of guanidine groups is 2. The lowest BCUT2D eigenvalue weighted by Gasteiger charge is -2.38. The summed E-state index contributed by atoms with van der Waals surface area (Å²) in [6.07, 6.45) is 0.974. The molecule has 206 valence electrons. The highest BCUT2D eigenvalue weighted by Crippen LogP contribution is 2.28. The molecule has 2 aromatic carbocycles. The summed E-state index contributed by atoms with van der Waals surface area (Å²) in [5, 5.41) is 12.7. The number of carbonyl (C=O) groups excluding carboxylic acids is 2. The van der Waals surface area contributed by atoms with Crippen molar-refractivity contribution in [3.63, 3.8) is 0 Å². The fraction of sp³-hybridized carbons (Fsp3) is 0.407. The van der Waals surface area contributed by atoms with Crippen LogP contribution in [0.15, 0.2) is 65.8 Å². The van der Waals surface area contributed by atoms with E-state index < -0.39 is 17.5 Å². The normalized spacial score (nSPS) is 11.0. The van der Waals surface area contributed by atoms with Crippen LogP contribution in [0.5, 0.6) is 0 Å². The molecule has 0 amide bonds. The predicted octanol–water partition coefficient (Wildman–Crippen LogP) is 2.11. The molecule has 0 aromatic heterocycles. The van der Waals surface area contributed by atoms with E-state index in [0.29, 0.717) is 25.9 Å². The van der Waals surface area contributed by atoms with E-state index in [2.05, 4.69) is 5.10 Å². The van der Waals surface area contributed by atoms with Gasteiger partial charge in [0, 0.05) is 6.54 Å². The maximum atomic E-state index is 13.7. The Hall–Kier alpha value is -4.12. The molecule has 2 aromatic rings. The summed E-state index contributed by atoms with van der Waals surface area (Å²) in [4.78, 5) is 29.3. The van der Waals surface area contributed by atoms with E-state index in [1.807, 2.05) is 74.5 Å². The second-order valence-electron chi connectivity index (χ2n) is 8.65. The molecule has 0 fully saturated rings. The van der Waals surface area contributed by atoms with Crippen molar-refractivity contribution in [3.8, 4) is 0 Å². The third kappa shape index (κ3) is 8.48. The van der Waals surface area contributed by atoms with Gasteiger partial charge >= 0.3 is 11.9 Å². The molecule has 2 rings (SSSR count). The Morgan fingerprint density at radius 3 is 1.71 bits per heavy atom. The van der Waals surface area contributed by atoms with E-state index in [1.54, 1.807) is 4.90 Å². The fourth-order valence-electron chi connectivity index (χ4n) is 4.16. The highest BCUT2D eigenvalue weighted by atomic mass is 16.6. The zero-order chi connectivity index (χ0) is 28.0. The molecule has 0 spiro atoms. The first-order valence-corrected chi connectivity index (χ1v) is 12.6. The molecule has 0 aliphatic heterocycles. The van der Waals surface area contributed by atoms with Gasteiger partial charge in [-0.2, -0.15) is 0 Å². The lowest BCUT2D eigenvalue weighted by atomic mass is 9.89.